The lowest BCUT2D eigenvalue weighted by atomic mass is 9.98. The average Bonchev–Trinajstić information content (AvgIpc) is 3.48. The van der Waals surface area contributed by atoms with Gasteiger partial charge in [-0.25, -0.2) is 4.79 Å². The number of nitrogens with zero attached hydrogens (tertiary/aromatic N) is 2. The first-order chi connectivity index (χ1) is 26.4. The van der Waals surface area contributed by atoms with Gasteiger partial charge in [-0.05, 0) is 91.4 Å². The number of hydrogen-bond donors (Lipinski definition) is 4. The molecule has 0 saturated carbocycles. The predicted molar refractivity (Wildman–Crippen MR) is 197 cm³/mol. The van der Waals surface area contributed by atoms with Gasteiger partial charge in [-0.3, -0.25) is 29.5 Å². The van der Waals surface area contributed by atoms with Crippen LogP contribution in [0.3, 0.4) is 0 Å². The summed E-state index contributed by atoms with van der Waals surface area (Å²) in [5, 5.41) is 9.60. The van der Waals surface area contributed by atoms with Crippen molar-refractivity contribution in [2.45, 2.75) is 63.7 Å². The molecule has 4 N–H and O–H groups in total. The van der Waals surface area contributed by atoms with E-state index in [0.29, 0.717) is 42.3 Å². The Morgan fingerprint density at radius 2 is 1.65 bits per heavy atom. The minimum absolute atomic E-state index is 0.0856. The molecule has 0 aliphatic carbocycles. The van der Waals surface area contributed by atoms with Crippen molar-refractivity contribution in [2.24, 2.45) is 0 Å². The summed E-state index contributed by atoms with van der Waals surface area (Å²) < 4.78 is 45.2. The lowest BCUT2D eigenvalue weighted by Gasteiger charge is -2.29. The minimum atomic E-state index is -4.67. The van der Waals surface area contributed by atoms with Gasteiger partial charge in [0.05, 0.1) is 10.6 Å². The Morgan fingerprint density at radius 3 is 2.42 bits per heavy atom. The summed E-state index contributed by atoms with van der Waals surface area (Å²) in [4.78, 5) is 67.9. The van der Waals surface area contributed by atoms with Crippen LogP contribution in [0.15, 0.2) is 79.0 Å². The zero-order valence-electron chi connectivity index (χ0n) is 29.3. The van der Waals surface area contributed by atoms with Gasteiger partial charge >= 0.3 is 12.2 Å². The van der Waals surface area contributed by atoms with Crippen molar-refractivity contribution < 1.29 is 41.9 Å². The van der Waals surface area contributed by atoms with E-state index in [9.17, 15) is 37.1 Å². The second kappa shape index (κ2) is 17.0. The van der Waals surface area contributed by atoms with E-state index in [1.54, 1.807) is 29.2 Å². The van der Waals surface area contributed by atoms with Gasteiger partial charge in [0.15, 0.2) is 0 Å². The minimum Gasteiger partial charge on any atom is -0.457 e. The highest BCUT2D eigenvalue weighted by molar-refractivity contribution is 6.31. The number of piperidine rings is 1. The molecule has 1 saturated heterocycles. The van der Waals surface area contributed by atoms with E-state index in [1.165, 1.54) is 30.5 Å². The summed E-state index contributed by atoms with van der Waals surface area (Å²) >= 11 is 5.63. The number of carbonyl (C=O) groups excluding carboxylic acids is 5. The number of urea groups is 1. The molecule has 6 amide bonds. The zero-order valence-corrected chi connectivity index (χ0v) is 30.1. The predicted octanol–water partition coefficient (Wildman–Crippen LogP) is 7.48. The molecule has 1 fully saturated rings. The fraction of sp³-hybridized carbons (Fsp3) is 0.282. The highest BCUT2D eigenvalue weighted by Gasteiger charge is 2.39. The van der Waals surface area contributed by atoms with E-state index in [0.717, 1.165) is 55.4 Å². The van der Waals surface area contributed by atoms with Crippen LogP contribution in [0.2, 0.25) is 5.02 Å². The third kappa shape index (κ3) is 9.78. The number of aromatic nitrogens is 1. The van der Waals surface area contributed by atoms with Gasteiger partial charge in [-0.15, -0.1) is 0 Å². The number of aryl methyl sites for hydroxylation is 1. The first kappa shape index (κ1) is 38.8. The number of carbonyl (C=O) groups is 5. The topological polar surface area (TPSA) is 159 Å². The van der Waals surface area contributed by atoms with Crippen LogP contribution in [0, 0.1) is 0 Å². The van der Waals surface area contributed by atoms with Gasteiger partial charge < -0.3 is 25.6 Å². The van der Waals surface area contributed by atoms with Crippen LogP contribution in [-0.2, 0) is 28.7 Å². The molecule has 0 radical (unpaired) electrons. The number of fused-ring (bicyclic) bond motifs is 1. The Balaban J connectivity index is 0.906. The van der Waals surface area contributed by atoms with E-state index >= 15 is 0 Å². The Morgan fingerprint density at radius 1 is 0.909 bits per heavy atom. The van der Waals surface area contributed by atoms with Gasteiger partial charge in [0, 0.05) is 48.7 Å². The number of amides is 6. The number of halogens is 4. The number of nitrogens with one attached hydrogen (secondary N) is 4. The molecule has 1 atom stereocenters. The molecule has 0 bridgehead atoms. The molecule has 3 aromatic carbocycles. The molecule has 55 heavy (non-hydrogen) atoms. The molecular weight excluding hydrogens is 741 g/mol. The summed E-state index contributed by atoms with van der Waals surface area (Å²) in [7, 11) is 0. The molecule has 0 spiro atoms. The maximum absolute atomic E-state index is 13.1. The third-order valence-corrected chi connectivity index (χ3v) is 9.51. The largest absolute Gasteiger partial charge is 0.457 e. The normalized spacial score (nSPS) is 15.3. The van der Waals surface area contributed by atoms with E-state index in [4.69, 9.17) is 16.3 Å². The smallest absolute Gasteiger partial charge is 0.417 e. The lowest BCUT2D eigenvalue weighted by Crippen LogP contribution is -2.52. The number of imide groups is 1. The maximum Gasteiger partial charge on any atom is 0.417 e. The molecule has 1 aromatic heterocycles. The Hall–Kier alpha value is -5.96. The number of pyridine rings is 1. The number of hydrogen-bond acceptors (Lipinski definition) is 7. The van der Waals surface area contributed by atoms with Crippen LogP contribution in [-0.4, -0.2) is 52.1 Å². The summed E-state index contributed by atoms with van der Waals surface area (Å²) in [6.07, 6.45) is 1.51. The van der Waals surface area contributed by atoms with Crippen LogP contribution in [0.5, 0.6) is 11.5 Å². The van der Waals surface area contributed by atoms with Crippen LogP contribution in [0.25, 0.3) is 0 Å². The maximum atomic E-state index is 13.1. The first-order valence-corrected chi connectivity index (χ1v) is 18.0. The molecule has 2 aliphatic heterocycles. The monoisotopic (exact) mass is 776 g/mol. The highest BCUT2D eigenvalue weighted by atomic mass is 35.5. The molecule has 286 valence electrons. The van der Waals surface area contributed by atoms with Crippen molar-refractivity contribution in [3.63, 3.8) is 0 Å². The number of anilines is 2. The number of ether oxygens (including phenoxy) is 1. The molecule has 4 aromatic rings. The number of rotatable bonds is 13. The van der Waals surface area contributed by atoms with Gasteiger partial charge in [-0.1, -0.05) is 36.6 Å². The number of benzene rings is 3. The zero-order chi connectivity index (χ0) is 39.1. The second-order valence-corrected chi connectivity index (χ2v) is 13.4. The van der Waals surface area contributed by atoms with Crippen LogP contribution in [0.4, 0.5) is 29.3 Å². The van der Waals surface area contributed by atoms with E-state index in [1.807, 2.05) is 12.1 Å². The Labute approximate surface area is 318 Å². The fourth-order valence-electron chi connectivity index (χ4n) is 6.43. The molecule has 16 heteroatoms. The van der Waals surface area contributed by atoms with Crippen LogP contribution < -0.4 is 26.0 Å². The van der Waals surface area contributed by atoms with E-state index in [2.05, 4.69) is 26.3 Å². The van der Waals surface area contributed by atoms with E-state index < -0.39 is 34.7 Å². The molecule has 2 aliphatic rings. The van der Waals surface area contributed by atoms with Crippen molar-refractivity contribution in [1.82, 2.24) is 20.5 Å². The Kier molecular flexibility index (Phi) is 12.0. The first-order valence-electron chi connectivity index (χ1n) is 17.6. The quantitative estimate of drug-likeness (QED) is 0.0810. The SMILES string of the molecule is O=C1CCC(N2Cc3c(CCCCCCNC(=O)c4cc(Oc5ccc(NC(=O)Nc6ccc(Cl)c(C(F)(F)F)c6)cc5)ccn4)cccc3C2=O)C(=O)N1. The second-order valence-electron chi connectivity index (χ2n) is 13.0. The number of alkyl halides is 3. The summed E-state index contributed by atoms with van der Waals surface area (Å²) in [5.74, 6) is -0.534. The molecule has 12 nitrogen and oxygen atoms in total. The van der Waals surface area contributed by atoms with Gasteiger partial charge in [-0.2, -0.15) is 13.2 Å². The van der Waals surface area contributed by atoms with Crippen molar-refractivity contribution in [3.8, 4) is 11.5 Å². The molecule has 3 heterocycles. The standard InChI is InChI=1S/C39H36ClF3N6O6/c40-31-14-11-25(20-30(31)39(41,42)43)47-38(54)46-24-9-12-26(13-10-24)55-27-17-19-44-32(21-27)35(51)45-18-4-2-1-3-6-23-7-5-8-28-29(23)22-49(37(28)53)33-15-16-34(50)48-36(33)52/h5,7-14,17,19-21,33H,1-4,6,15-16,18,22H2,(H,45,51)(H2,46,47,54)(H,48,50,52). The molecular formula is C39H36ClF3N6O6. The summed E-state index contributed by atoms with van der Waals surface area (Å²) in [6.45, 7) is 0.798. The average molecular weight is 777 g/mol. The van der Waals surface area contributed by atoms with Crippen molar-refractivity contribution >= 4 is 52.6 Å². The van der Waals surface area contributed by atoms with Crippen molar-refractivity contribution in [3.05, 3.63) is 112 Å². The third-order valence-electron chi connectivity index (χ3n) is 9.18. The van der Waals surface area contributed by atoms with E-state index in [-0.39, 0.29) is 35.5 Å². The number of unbranched alkanes of at least 4 members (excludes halogenated alkanes) is 3. The van der Waals surface area contributed by atoms with Gasteiger partial charge in [0.25, 0.3) is 11.8 Å². The van der Waals surface area contributed by atoms with Gasteiger partial charge in [0.2, 0.25) is 11.8 Å². The van der Waals surface area contributed by atoms with Crippen LogP contribution in [0.1, 0.15) is 76.1 Å². The van der Waals surface area contributed by atoms with Gasteiger partial charge in [0.1, 0.15) is 23.2 Å². The molecule has 1 unspecified atom stereocenters. The van der Waals surface area contributed by atoms with Crippen LogP contribution >= 0.6 is 11.6 Å². The highest BCUT2D eigenvalue weighted by Crippen LogP contribution is 2.36. The Bertz CT molecular complexity index is 2110. The fourth-order valence-corrected chi connectivity index (χ4v) is 6.65. The molecule has 6 rings (SSSR count). The summed E-state index contributed by atoms with van der Waals surface area (Å²) in [6, 6.07) is 16.6. The lowest BCUT2D eigenvalue weighted by molar-refractivity contribution is -0.138. The van der Waals surface area contributed by atoms with Crippen molar-refractivity contribution in [1.29, 1.82) is 0 Å². The van der Waals surface area contributed by atoms with Crippen molar-refractivity contribution in [2.75, 3.05) is 17.2 Å². The summed E-state index contributed by atoms with van der Waals surface area (Å²) in [5.41, 5.74) is 1.98.